The van der Waals surface area contributed by atoms with Crippen LogP contribution < -0.4 is 0 Å². The van der Waals surface area contributed by atoms with Gasteiger partial charge in [-0.15, -0.1) is 0 Å². The van der Waals surface area contributed by atoms with E-state index >= 15 is 0 Å². The van der Waals surface area contributed by atoms with E-state index < -0.39 is 0 Å². The highest BCUT2D eigenvalue weighted by atomic mass is 79.9. The summed E-state index contributed by atoms with van der Waals surface area (Å²) < 4.78 is 0.579. The lowest BCUT2D eigenvalue weighted by atomic mass is 9.99. The third kappa shape index (κ3) is 4.32. The summed E-state index contributed by atoms with van der Waals surface area (Å²) in [5.41, 5.74) is 8.61. The number of halogens is 1. The zero-order valence-electron chi connectivity index (χ0n) is 16.7. The Morgan fingerprint density at radius 3 is 1.23 bits per heavy atom. The molecule has 0 N–H and O–H groups in total. The lowest BCUT2D eigenvalue weighted by Gasteiger charge is -2.09. The quantitative estimate of drug-likeness (QED) is 0.253. The van der Waals surface area contributed by atoms with E-state index in [1.807, 2.05) is 12.1 Å². The van der Waals surface area contributed by atoms with Crippen molar-refractivity contribution in [1.82, 2.24) is 9.97 Å². The minimum atomic E-state index is 0.579. The SMILES string of the molecule is Brc1nc(-c2cccc(-c3ccccc3)c2)cc(-c2cccc(-c3ccccc3)c2)n1. The molecule has 4 aromatic carbocycles. The Kier molecular flexibility index (Phi) is 5.42. The van der Waals surface area contributed by atoms with Crippen LogP contribution >= 0.6 is 15.9 Å². The van der Waals surface area contributed by atoms with E-state index in [2.05, 4.69) is 129 Å². The second-order valence-corrected chi connectivity index (χ2v) is 8.01. The van der Waals surface area contributed by atoms with E-state index in [1.54, 1.807) is 0 Å². The summed E-state index contributed by atoms with van der Waals surface area (Å²) >= 11 is 3.51. The Morgan fingerprint density at radius 1 is 0.387 bits per heavy atom. The molecule has 0 aliphatic rings. The molecule has 5 aromatic rings. The fourth-order valence-corrected chi connectivity index (χ4v) is 4.07. The van der Waals surface area contributed by atoms with Crippen molar-refractivity contribution in [2.75, 3.05) is 0 Å². The Bertz CT molecular complexity index is 1230. The van der Waals surface area contributed by atoms with Crippen molar-refractivity contribution in [3.05, 3.63) is 120 Å². The van der Waals surface area contributed by atoms with Crippen LogP contribution in [0.1, 0.15) is 0 Å². The van der Waals surface area contributed by atoms with Gasteiger partial charge in [0, 0.05) is 11.1 Å². The molecule has 148 valence electrons. The van der Waals surface area contributed by atoms with Gasteiger partial charge in [-0.05, 0) is 56.4 Å². The summed E-state index contributed by atoms with van der Waals surface area (Å²) in [4.78, 5) is 9.30. The van der Waals surface area contributed by atoms with Gasteiger partial charge in [0.25, 0.3) is 0 Å². The van der Waals surface area contributed by atoms with Crippen molar-refractivity contribution in [1.29, 1.82) is 0 Å². The molecule has 0 saturated heterocycles. The van der Waals surface area contributed by atoms with Crippen LogP contribution in [0.4, 0.5) is 0 Å². The van der Waals surface area contributed by atoms with Crippen LogP contribution in [0.25, 0.3) is 44.8 Å². The predicted octanol–water partition coefficient (Wildman–Crippen LogP) is 7.91. The number of benzene rings is 4. The molecule has 3 heteroatoms. The minimum absolute atomic E-state index is 0.579. The Hall–Kier alpha value is -3.56. The molecule has 0 atom stereocenters. The van der Waals surface area contributed by atoms with E-state index in [4.69, 9.17) is 0 Å². The Labute approximate surface area is 190 Å². The fraction of sp³-hybridized carbons (Fsp3) is 0. The third-order valence-corrected chi connectivity index (χ3v) is 5.58. The zero-order valence-corrected chi connectivity index (χ0v) is 18.3. The number of hydrogen-bond donors (Lipinski definition) is 0. The molecule has 0 aliphatic heterocycles. The minimum Gasteiger partial charge on any atom is -0.222 e. The molecule has 5 rings (SSSR count). The largest absolute Gasteiger partial charge is 0.222 e. The van der Waals surface area contributed by atoms with Crippen LogP contribution in [0.5, 0.6) is 0 Å². The van der Waals surface area contributed by atoms with Crippen molar-refractivity contribution in [2.45, 2.75) is 0 Å². The van der Waals surface area contributed by atoms with Crippen molar-refractivity contribution in [2.24, 2.45) is 0 Å². The summed E-state index contributed by atoms with van der Waals surface area (Å²) in [7, 11) is 0. The first-order valence-corrected chi connectivity index (χ1v) is 10.9. The highest BCUT2D eigenvalue weighted by molar-refractivity contribution is 9.10. The molecule has 0 bridgehead atoms. The van der Waals surface area contributed by atoms with Gasteiger partial charge in [0.15, 0.2) is 4.73 Å². The normalized spacial score (nSPS) is 10.7. The zero-order chi connectivity index (χ0) is 21.0. The molecule has 0 unspecified atom stereocenters. The highest BCUT2D eigenvalue weighted by Crippen LogP contribution is 2.30. The molecule has 0 fully saturated rings. The van der Waals surface area contributed by atoms with Gasteiger partial charge in [0.1, 0.15) is 0 Å². The lowest BCUT2D eigenvalue weighted by molar-refractivity contribution is 1.12. The van der Waals surface area contributed by atoms with E-state index in [0.717, 1.165) is 22.5 Å². The smallest absolute Gasteiger partial charge is 0.197 e. The first-order valence-electron chi connectivity index (χ1n) is 10.1. The van der Waals surface area contributed by atoms with Crippen molar-refractivity contribution in [3.8, 4) is 44.8 Å². The predicted molar refractivity (Wildman–Crippen MR) is 131 cm³/mol. The van der Waals surface area contributed by atoms with Gasteiger partial charge in [0.05, 0.1) is 11.4 Å². The molecule has 0 saturated carbocycles. The van der Waals surface area contributed by atoms with Crippen molar-refractivity contribution in [3.63, 3.8) is 0 Å². The van der Waals surface area contributed by atoms with E-state index in [-0.39, 0.29) is 0 Å². The topological polar surface area (TPSA) is 25.8 Å². The van der Waals surface area contributed by atoms with Gasteiger partial charge >= 0.3 is 0 Å². The summed E-state index contributed by atoms with van der Waals surface area (Å²) in [6.07, 6.45) is 0. The maximum absolute atomic E-state index is 4.65. The molecule has 0 aliphatic carbocycles. The summed E-state index contributed by atoms with van der Waals surface area (Å²) in [5, 5.41) is 0. The highest BCUT2D eigenvalue weighted by Gasteiger charge is 2.09. The molecule has 0 spiro atoms. The second kappa shape index (κ2) is 8.66. The third-order valence-electron chi connectivity index (χ3n) is 5.23. The molecule has 2 nitrogen and oxygen atoms in total. The lowest BCUT2D eigenvalue weighted by Crippen LogP contribution is -1.93. The van der Waals surface area contributed by atoms with Gasteiger partial charge in [-0.2, -0.15) is 0 Å². The van der Waals surface area contributed by atoms with Crippen molar-refractivity contribution < 1.29 is 0 Å². The van der Waals surface area contributed by atoms with Crippen LogP contribution in [-0.2, 0) is 0 Å². The van der Waals surface area contributed by atoms with Crippen LogP contribution in [0.15, 0.2) is 120 Å². The number of aromatic nitrogens is 2. The van der Waals surface area contributed by atoms with E-state index in [1.165, 1.54) is 22.3 Å². The molecule has 1 aromatic heterocycles. The molecule has 0 amide bonds. The van der Waals surface area contributed by atoms with Crippen LogP contribution in [0.3, 0.4) is 0 Å². The second-order valence-electron chi connectivity index (χ2n) is 7.30. The van der Waals surface area contributed by atoms with Crippen LogP contribution in [-0.4, -0.2) is 9.97 Å². The number of rotatable bonds is 4. The standard InChI is InChI=1S/C28H19BrN2/c29-28-30-26(24-15-7-13-22(17-24)20-9-3-1-4-10-20)19-27(31-28)25-16-8-14-23(18-25)21-11-5-2-6-12-21/h1-19H. The first kappa shape index (κ1) is 19.4. The van der Waals surface area contributed by atoms with Gasteiger partial charge in [-0.1, -0.05) is 97.1 Å². The molecular weight excluding hydrogens is 444 g/mol. The monoisotopic (exact) mass is 462 g/mol. The maximum atomic E-state index is 4.65. The van der Waals surface area contributed by atoms with Gasteiger partial charge < -0.3 is 0 Å². The number of nitrogens with zero attached hydrogens (tertiary/aromatic N) is 2. The van der Waals surface area contributed by atoms with Gasteiger partial charge in [-0.3, -0.25) is 0 Å². The fourth-order valence-electron chi connectivity index (χ4n) is 3.69. The van der Waals surface area contributed by atoms with E-state index in [0.29, 0.717) is 4.73 Å². The van der Waals surface area contributed by atoms with E-state index in [9.17, 15) is 0 Å². The average molecular weight is 463 g/mol. The summed E-state index contributed by atoms with van der Waals surface area (Å²) in [5.74, 6) is 0. The van der Waals surface area contributed by atoms with Crippen molar-refractivity contribution >= 4 is 15.9 Å². The molecule has 31 heavy (non-hydrogen) atoms. The van der Waals surface area contributed by atoms with Crippen LogP contribution in [0, 0.1) is 0 Å². The molecule has 1 heterocycles. The number of hydrogen-bond acceptors (Lipinski definition) is 2. The summed E-state index contributed by atoms with van der Waals surface area (Å²) in [6.45, 7) is 0. The average Bonchev–Trinajstić information content (AvgIpc) is 2.85. The first-order chi connectivity index (χ1) is 15.3. The molecular formula is C28H19BrN2. The Balaban J connectivity index is 1.56. The van der Waals surface area contributed by atoms with Gasteiger partial charge in [0.2, 0.25) is 0 Å². The van der Waals surface area contributed by atoms with Gasteiger partial charge in [-0.25, -0.2) is 9.97 Å². The molecule has 0 radical (unpaired) electrons. The van der Waals surface area contributed by atoms with Crippen LogP contribution in [0.2, 0.25) is 0 Å². The Morgan fingerprint density at radius 2 is 0.774 bits per heavy atom. The summed E-state index contributed by atoms with van der Waals surface area (Å²) in [6, 6.07) is 39.7. The maximum Gasteiger partial charge on any atom is 0.197 e.